The molecule has 5 aliphatic rings. The lowest BCUT2D eigenvalue weighted by Crippen LogP contribution is -2.42. The average molecular weight is 386 g/mol. The number of rotatable bonds is 4. The molecule has 0 radical (unpaired) electrons. The third-order valence-electron chi connectivity index (χ3n) is 6.96. The van der Waals surface area contributed by atoms with Crippen LogP contribution in [0.5, 0.6) is 0 Å². The molecule has 4 atom stereocenters. The van der Waals surface area contributed by atoms with Crippen molar-refractivity contribution in [1.29, 1.82) is 0 Å². The van der Waals surface area contributed by atoms with Crippen molar-refractivity contribution in [2.45, 2.75) is 12.5 Å². The second kappa shape index (κ2) is 7.34. The van der Waals surface area contributed by atoms with Gasteiger partial charge in [-0.1, -0.05) is 18.2 Å². The van der Waals surface area contributed by atoms with Crippen LogP contribution in [0.2, 0.25) is 0 Å². The summed E-state index contributed by atoms with van der Waals surface area (Å²) in [6.45, 7) is 8.01. The van der Waals surface area contributed by atoms with Crippen LogP contribution in [0.15, 0.2) is 47.7 Å². The molecule has 0 aromatic rings. The predicted octanol–water partition coefficient (Wildman–Crippen LogP) is 1.52. The summed E-state index contributed by atoms with van der Waals surface area (Å²) in [5.41, 5.74) is -0.165. The lowest BCUT2D eigenvalue weighted by atomic mass is 9.65. The smallest absolute Gasteiger partial charge is 0.157 e. The molecule has 3 aliphatic heterocycles. The number of nitrogens with zero attached hydrogens (tertiary/aromatic N) is 2. The Bertz CT molecular complexity index is 737. The van der Waals surface area contributed by atoms with E-state index in [4.69, 9.17) is 14.2 Å². The first-order chi connectivity index (χ1) is 13.7. The second-order valence-corrected chi connectivity index (χ2v) is 8.46. The van der Waals surface area contributed by atoms with Crippen molar-refractivity contribution in [3.63, 3.8) is 0 Å². The van der Waals surface area contributed by atoms with Gasteiger partial charge in [0.1, 0.15) is 5.76 Å². The molecule has 0 aromatic heterocycles. The lowest BCUT2D eigenvalue weighted by molar-refractivity contribution is 0.0329. The van der Waals surface area contributed by atoms with Gasteiger partial charge in [-0.3, -0.25) is 4.90 Å². The van der Waals surface area contributed by atoms with Crippen LogP contribution in [0.25, 0.3) is 0 Å². The van der Waals surface area contributed by atoms with Crippen LogP contribution >= 0.6 is 0 Å². The quantitative estimate of drug-likeness (QED) is 0.740. The van der Waals surface area contributed by atoms with Gasteiger partial charge < -0.3 is 24.2 Å². The van der Waals surface area contributed by atoms with E-state index in [-0.39, 0.29) is 11.3 Å². The molecule has 3 fully saturated rings. The second-order valence-electron chi connectivity index (χ2n) is 8.46. The average Bonchev–Trinajstić information content (AvgIpc) is 2.96. The first-order valence-electron chi connectivity index (χ1n) is 10.5. The van der Waals surface area contributed by atoms with E-state index in [9.17, 15) is 5.11 Å². The molecular weight excluding hydrogens is 356 g/mol. The third-order valence-corrected chi connectivity index (χ3v) is 6.96. The normalized spacial score (nSPS) is 37.8. The maximum atomic E-state index is 10.1. The molecular formula is C22H30N2O4. The minimum Gasteiger partial charge on any atom is -0.493 e. The Kier molecular flexibility index (Phi) is 4.83. The van der Waals surface area contributed by atoms with E-state index >= 15 is 0 Å². The Balaban J connectivity index is 1.39. The number of likely N-dealkylation sites (tertiary alicyclic amines) is 1. The van der Waals surface area contributed by atoms with Crippen LogP contribution in [0.3, 0.4) is 0 Å². The lowest BCUT2D eigenvalue weighted by Gasteiger charge is -2.35. The van der Waals surface area contributed by atoms with E-state index in [0.29, 0.717) is 5.92 Å². The molecule has 5 rings (SSSR count). The zero-order valence-electron chi connectivity index (χ0n) is 16.5. The number of morpholine rings is 1. The van der Waals surface area contributed by atoms with Gasteiger partial charge in [0.15, 0.2) is 11.5 Å². The van der Waals surface area contributed by atoms with E-state index in [2.05, 4.69) is 28.0 Å². The van der Waals surface area contributed by atoms with Gasteiger partial charge in [0, 0.05) is 44.6 Å². The zero-order valence-corrected chi connectivity index (χ0v) is 16.5. The molecule has 0 bridgehead atoms. The number of hydrogen-bond acceptors (Lipinski definition) is 6. The van der Waals surface area contributed by atoms with E-state index in [0.717, 1.165) is 76.2 Å². The Hall–Kier alpha value is -1.60. The van der Waals surface area contributed by atoms with Gasteiger partial charge in [0.25, 0.3) is 0 Å². The molecule has 1 N–H and O–H groups in total. The van der Waals surface area contributed by atoms with Crippen LogP contribution in [0.1, 0.15) is 6.42 Å². The molecule has 3 saturated heterocycles. The minimum absolute atomic E-state index is 0.165. The first-order valence-corrected chi connectivity index (χ1v) is 10.5. The van der Waals surface area contributed by atoms with Crippen molar-refractivity contribution < 1.29 is 19.3 Å². The van der Waals surface area contributed by atoms with Crippen molar-refractivity contribution in [3.8, 4) is 0 Å². The molecule has 4 unspecified atom stereocenters. The summed E-state index contributed by atoms with van der Waals surface area (Å²) in [5.74, 6) is 3.29. The van der Waals surface area contributed by atoms with Crippen molar-refractivity contribution in [1.82, 2.24) is 9.80 Å². The standard InChI is InChI=1S/C22H30N2O4/c1-26-18-3-2-16-15-24(9-8-23-10-12-27-13-11-23)7-6-22-5-4-17(25)14-19(22)28-21(18)20(16)22/h2-5,14,16-17,20,25H,6-13,15H2,1H3. The van der Waals surface area contributed by atoms with Crippen LogP contribution in [0.4, 0.5) is 0 Å². The molecule has 1 spiro atoms. The van der Waals surface area contributed by atoms with Gasteiger partial charge in [-0.15, -0.1) is 0 Å². The fourth-order valence-electron chi connectivity index (χ4n) is 5.44. The number of allylic oxidation sites excluding steroid dienone is 3. The molecule has 28 heavy (non-hydrogen) atoms. The highest BCUT2D eigenvalue weighted by Gasteiger charge is 2.57. The van der Waals surface area contributed by atoms with Crippen molar-refractivity contribution in [3.05, 3.63) is 47.7 Å². The Morgan fingerprint density at radius 1 is 1.18 bits per heavy atom. The molecule has 0 saturated carbocycles. The Labute approximate surface area is 166 Å². The van der Waals surface area contributed by atoms with Gasteiger partial charge >= 0.3 is 0 Å². The highest BCUT2D eigenvalue weighted by molar-refractivity contribution is 5.42. The maximum Gasteiger partial charge on any atom is 0.157 e. The summed E-state index contributed by atoms with van der Waals surface area (Å²) >= 11 is 0. The fourth-order valence-corrected chi connectivity index (χ4v) is 5.44. The zero-order chi connectivity index (χ0) is 19.1. The number of ether oxygens (including phenoxy) is 3. The molecule has 6 nitrogen and oxygen atoms in total. The van der Waals surface area contributed by atoms with Gasteiger partial charge in [0.05, 0.1) is 31.8 Å². The summed E-state index contributed by atoms with van der Waals surface area (Å²) in [5, 5.41) is 10.1. The van der Waals surface area contributed by atoms with E-state index in [1.165, 1.54) is 0 Å². The summed E-state index contributed by atoms with van der Waals surface area (Å²) in [4.78, 5) is 5.10. The minimum atomic E-state index is -0.570. The van der Waals surface area contributed by atoms with Crippen molar-refractivity contribution in [2.24, 2.45) is 17.3 Å². The number of aliphatic hydroxyl groups excluding tert-OH is 1. The highest BCUT2D eigenvalue weighted by atomic mass is 16.5. The monoisotopic (exact) mass is 386 g/mol. The molecule has 0 aromatic carbocycles. The first kappa shape index (κ1) is 18.4. The Morgan fingerprint density at radius 2 is 2.00 bits per heavy atom. The summed E-state index contributed by atoms with van der Waals surface area (Å²) in [6.07, 6.45) is 10.8. The van der Waals surface area contributed by atoms with E-state index < -0.39 is 6.10 Å². The molecule has 2 aliphatic carbocycles. The summed E-state index contributed by atoms with van der Waals surface area (Å²) in [6, 6.07) is 0. The maximum absolute atomic E-state index is 10.1. The van der Waals surface area contributed by atoms with Crippen LogP contribution in [0, 0.1) is 17.3 Å². The number of hydrogen-bond donors (Lipinski definition) is 1. The fraction of sp³-hybridized carbons (Fsp3) is 0.636. The van der Waals surface area contributed by atoms with Gasteiger partial charge in [-0.2, -0.15) is 0 Å². The molecule has 152 valence electrons. The van der Waals surface area contributed by atoms with Crippen molar-refractivity contribution in [2.75, 3.05) is 59.6 Å². The Morgan fingerprint density at radius 3 is 2.82 bits per heavy atom. The number of methoxy groups -OCH3 is 1. The summed E-state index contributed by atoms with van der Waals surface area (Å²) in [7, 11) is 1.70. The predicted molar refractivity (Wildman–Crippen MR) is 105 cm³/mol. The van der Waals surface area contributed by atoms with E-state index in [1.807, 2.05) is 12.2 Å². The van der Waals surface area contributed by atoms with Crippen LogP contribution in [-0.2, 0) is 14.2 Å². The van der Waals surface area contributed by atoms with Crippen molar-refractivity contribution >= 4 is 0 Å². The summed E-state index contributed by atoms with van der Waals surface area (Å²) < 4.78 is 17.4. The SMILES string of the molecule is COC1=C2OC3=CC(O)C=CC34CCN(CCN3CCOCC3)CC(C=C1)C24. The topological polar surface area (TPSA) is 54.4 Å². The number of aliphatic hydroxyl groups is 1. The molecule has 0 amide bonds. The van der Waals surface area contributed by atoms with Gasteiger partial charge in [-0.05, 0) is 25.1 Å². The third kappa shape index (κ3) is 3.03. The molecule has 6 heteroatoms. The van der Waals surface area contributed by atoms with E-state index in [1.54, 1.807) is 7.11 Å². The van der Waals surface area contributed by atoms with Crippen LogP contribution in [-0.4, -0.2) is 80.6 Å². The largest absolute Gasteiger partial charge is 0.493 e. The molecule has 3 heterocycles. The van der Waals surface area contributed by atoms with Crippen LogP contribution < -0.4 is 0 Å². The van der Waals surface area contributed by atoms with Gasteiger partial charge in [-0.25, -0.2) is 0 Å². The highest BCUT2D eigenvalue weighted by Crippen LogP contribution is 2.59. The van der Waals surface area contributed by atoms with Gasteiger partial charge in [0.2, 0.25) is 0 Å².